The summed E-state index contributed by atoms with van der Waals surface area (Å²) in [5, 5.41) is 6.00. The van der Waals surface area contributed by atoms with Gasteiger partial charge in [0.15, 0.2) is 0 Å². The lowest BCUT2D eigenvalue weighted by molar-refractivity contribution is -0.123. The summed E-state index contributed by atoms with van der Waals surface area (Å²) in [5.41, 5.74) is 4.07. The molecule has 2 N–H and O–H groups in total. The summed E-state index contributed by atoms with van der Waals surface area (Å²) >= 11 is 12.0. The van der Waals surface area contributed by atoms with E-state index in [0.29, 0.717) is 15.7 Å². The van der Waals surface area contributed by atoms with Crippen LogP contribution in [0.2, 0.25) is 10.0 Å². The van der Waals surface area contributed by atoms with Gasteiger partial charge in [0.05, 0.1) is 15.7 Å². The first-order valence-electron chi connectivity index (χ1n) is 7.39. The highest BCUT2D eigenvalue weighted by molar-refractivity contribution is 6.39. The number of para-hydroxylation sites is 1. The molecule has 2 aromatic carbocycles. The first kappa shape index (κ1) is 18.3. The summed E-state index contributed by atoms with van der Waals surface area (Å²) in [6, 6.07) is 8.86. The molecule has 2 rings (SSSR count). The maximum absolute atomic E-state index is 12.1. The van der Waals surface area contributed by atoms with Gasteiger partial charge in [-0.2, -0.15) is 0 Å². The molecule has 2 amide bonds. The van der Waals surface area contributed by atoms with E-state index in [4.69, 9.17) is 23.2 Å². The Balaban J connectivity index is 2.04. The summed E-state index contributed by atoms with van der Waals surface area (Å²) in [7, 11) is 0. The second kappa shape index (κ2) is 7.69. The third-order valence-corrected chi connectivity index (χ3v) is 4.12. The Labute approximate surface area is 151 Å². The van der Waals surface area contributed by atoms with E-state index in [-0.39, 0.29) is 6.42 Å². The largest absolute Gasteiger partial charge is 0.325 e. The predicted molar refractivity (Wildman–Crippen MR) is 99.0 cm³/mol. The van der Waals surface area contributed by atoms with Gasteiger partial charge in [0.25, 0.3) is 0 Å². The Morgan fingerprint density at radius 3 is 1.83 bits per heavy atom. The molecular formula is C18H18Cl2N2O2. The number of carbonyl (C=O) groups is 2. The van der Waals surface area contributed by atoms with E-state index in [1.54, 1.807) is 18.2 Å². The topological polar surface area (TPSA) is 58.2 Å². The van der Waals surface area contributed by atoms with Crippen LogP contribution in [0, 0.1) is 20.8 Å². The lowest BCUT2D eigenvalue weighted by atomic mass is 10.0. The second-order valence-corrected chi connectivity index (χ2v) is 6.46. The highest BCUT2D eigenvalue weighted by Gasteiger charge is 2.15. The maximum Gasteiger partial charge on any atom is 0.233 e. The molecule has 0 aliphatic heterocycles. The van der Waals surface area contributed by atoms with E-state index >= 15 is 0 Å². The first-order chi connectivity index (χ1) is 11.3. The van der Waals surface area contributed by atoms with Crippen molar-refractivity contribution in [3.63, 3.8) is 0 Å². The Hall–Kier alpha value is -2.04. The summed E-state index contributed by atoms with van der Waals surface area (Å²) in [6.07, 6.45) is -0.325. The van der Waals surface area contributed by atoms with Crippen molar-refractivity contribution < 1.29 is 9.59 Å². The number of hydrogen-bond acceptors (Lipinski definition) is 2. The SMILES string of the molecule is Cc1cc(C)c(NC(=O)CC(=O)Nc2c(Cl)cccc2Cl)c(C)c1. The Morgan fingerprint density at radius 2 is 1.33 bits per heavy atom. The van der Waals surface area contributed by atoms with Crippen LogP contribution in [-0.2, 0) is 9.59 Å². The van der Waals surface area contributed by atoms with Gasteiger partial charge in [-0.1, -0.05) is 47.0 Å². The van der Waals surface area contributed by atoms with E-state index in [1.807, 2.05) is 32.9 Å². The number of aryl methyl sites for hydroxylation is 3. The van der Waals surface area contributed by atoms with Crippen LogP contribution in [0.5, 0.6) is 0 Å². The van der Waals surface area contributed by atoms with Crippen LogP contribution in [0.25, 0.3) is 0 Å². The van der Waals surface area contributed by atoms with Gasteiger partial charge >= 0.3 is 0 Å². The third kappa shape index (κ3) is 4.49. The van der Waals surface area contributed by atoms with Crippen LogP contribution in [0.3, 0.4) is 0 Å². The molecule has 6 heteroatoms. The number of benzene rings is 2. The molecule has 0 radical (unpaired) electrons. The van der Waals surface area contributed by atoms with Crippen molar-refractivity contribution in [3.8, 4) is 0 Å². The van der Waals surface area contributed by atoms with Crippen LogP contribution >= 0.6 is 23.2 Å². The lowest BCUT2D eigenvalue weighted by Crippen LogP contribution is -2.22. The fourth-order valence-electron chi connectivity index (χ4n) is 2.51. The second-order valence-electron chi connectivity index (χ2n) is 5.64. The zero-order valence-electron chi connectivity index (χ0n) is 13.7. The van der Waals surface area contributed by atoms with E-state index in [9.17, 15) is 9.59 Å². The zero-order chi connectivity index (χ0) is 17.9. The molecule has 0 saturated carbocycles. The van der Waals surface area contributed by atoms with Crippen LogP contribution < -0.4 is 10.6 Å². The molecule has 0 aliphatic rings. The molecule has 0 heterocycles. The molecule has 0 aromatic heterocycles. The molecule has 0 unspecified atom stereocenters. The normalized spacial score (nSPS) is 10.4. The van der Waals surface area contributed by atoms with Gasteiger partial charge in [-0.05, 0) is 44.0 Å². The zero-order valence-corrected chi connectivity index (χ0v) is 15.2. The van der Waals surface area contributed by atoms with Crippen molar-refractivity contribution in [1.29, 1.82) is 0 Å². The van der Waals surface area contributed by atoms with Gasteiger partial charge in [-0.15, -0.1) is 0 Å². The van der Waals surface area contributed by atoms with Crippen LogP contribution in [0.15, 0.2) is 30.3 Å². The summed E-state index contributed by atoms with van der Waals surface area (Å²) in [6.45, 7) is 5.82. The maximum atomic E-state index is 12.1. The quantitative estimate of drug-likeness (QED) is 0.759. The fourth-order valence-corrected chi connectivity index (χ4v) is 3.00. The molecule has 0 bridgehead atoms. The number of halogens is 2. The van der Waals surface area contributed by atoms with E-state index < -0.39 is 11.8 Å². The van der Waals surface area contributed by atoms with Gasteiger partial charge < -0.3 is 10.6 Å². The van der Waals surface area contributed by atoms with Crippen molar-refractivity contribution in [1.82, 2.24) is 0 Å². The molecule has 0 fully saturated rings. The van der Waals surface area contributed by atoms with Crippen molar-refractivity contribution in [2.75, 3.05) is 10.6 Å². The molecule has 0 spiro atoms. The van der Waals surface area contributed by atoms with Crippen molar-refractivity contribution in [2.45, 2.75) is 27.2 Å². The average molecular weight is 365 g/mol. The predicted octanol–water partition coefficient (Wildman–Crippen LogP) is 4.89. The molecule has 4 nitrogen and oxygen atoms in total. The van der Waals surface area contributed by atoms with Gasteiger partial charge in [0, 0.05) is 5.69 Å². The summed E-state index contributed by atoms with van der Waals surface area (Å²) in [4.78, 5) is 24.2. The minimum atomic E-state index is -0.482. The lowest BCUT2D eigenvalue weighted by Gasteiger charge is -2.13. The number of anilines is 2. The van der Waals surface area contributed by atoms with Crippen molar-refractivity contribution >= 4 is 46.4 Å². The van der Waals surface area contributed by atoms with Crippen LogP contribution in [0.4, 0.5) is 11.4 Å². The minimum Gasteiger partial charge on any atom is -0.325 e. The molecule has 126 valence electrons. The Bertz CT molecular complexity index is 760. The monoisotopic (exact) mass is 364 g/mol. The first-order valence-corrected chi connectivity index (χ1v) is 8.15. The van der Waals surface area contributed by atoms with Crippen molar-refractivity contribution in [3.05, 3.63) is 57.1 Å². The highest BCUT2D eigenvalue weighted by atomic mass is 35.5. The Morgan fingerprint density at radius 1 is 0.875 bits per heavy atom. The average Bonchev–Trinajstić information content (AvgIpc) is 2.47. The molecule has 24 heavy (non-hydrogen) atoms. The Kier molecular flexibility index (Phi) is 5.86. The number of nitrogens with one attached hydrogen (secondary N) is 2. The van der Waals surface area contributed by atoms with E-state index in [0.717, 1.165) is 22.4 Å². The molecular weight excluding hydrogens is 347 g/mol. The molecule has 0 atom stereocenters. The van der Waals surface area contributed by atoms with Gasteiger partial charge in [-0.25, -0.2) is 0 Å². The number of amides is 2. The molecule has 2 aromatic rings. The smallest absolute Gasteiger partial charge is 0.233 e. The number of rotatable bonds is 4. The fraction of sp³-hybridized carbons (Fsp3) is 0.222. The highest BCUT2D eigenvalue weighted by Crippen LogP contribution is 2.30. The van der Waals surface area contributed by atoms with Gasteiger partial charge in [0.2, 0.25) is 11.8 Å². The molecule has 0 aliphatic carbocycles. The van der Waals surface area contributed by atoms with Gasteiger partial charge in [-0.3, -0.25) is 9.59 Å². The van der Waals surface area contributed by atoms with Gasteiger partial charge in [0.1, 0.15) is 6.42 Å². The standard InChI is InChI=1S/C18H18Cl2N2O2/c1-10-7-11(2)17(12(3)8-10)21-15(23)9-16(24)22-18-13(19)5-4-6-14(18)20/h4-8H,9H2,1-3H3,(H,21,23)(H,22,24). The number of carbonyl (C=O) groups excluding carboxylic acids is 2. The summed E-state index contributed by atoms with van der Waals surface area (Å²) in [5.74, 6) is -0.879. The third-order valence-electron chi connectivity index (χ3n) is 3.49. The van der Waals surface area contributed by atoms with E-state index in [2.05, 4.69) is 10.6 Å². The summed E-state index contributed by atoms with van der Waals surface area (Å²) < 4.78 is 0. The minimum absolute atomic E-state index is 0.307. The van der Waals surface area contributed by atoms with Crippen LogP contribution in [-0.4, -0.2) is 11.8 Å². The number of hydrogen-bond donors (Lipinski definition) is 2. The molecule has 0 saturated heterocycles. The van der Waals surface area contributed by atoms with E-state index in [1.165, 1.54) is 0 Å². The van der Waals surface area contributed by atoms with Crippen LogP contribution in [0.1, 0.15) is 23.1 Å². The van der Waals surface area contributed by atoms with Crippen molar-refractivity contribution in [2.24, 2.45) is 0 Å².